The minimum absolute atomic E-state index is 0. The third-order valence-corrected chi connectivity index (χ3v) is 1.14. The molecule has 1 heterocycles. The number of rotatable bonds is 0. The van der Waals surface area contributed by atoms with Crippen LogP contribution < -0.4 is 58.2 Å². The summed E-state index contributed by atoms with van der Waals surface area (Å²) in [7, 11) is 1.94. The molecule has 0 saturated heterocycles. The average molecular weight is 195 g/mol. The molecule has 0 aliphatic heterocycles. The SMILES string of the molecule is Cc1[c-]n(C)c(C)n1.[Rb+]. The van der Waals surface area contributed by atoms with Crippen LogP contribution in [-0.2, 0) is 7.05 Å². The molecule has 0 aromatic carbocycles. The van der Waals surface area contributed by atoms with Crippen molar-refractivity contribution in [2.45, 2.75) is 13.8 Å². The molecule has 1 aromatic rings. The second-order valence-corrected chi connectivity index (χ2v) is 1.92. The van der Waals surface area contributed by atoms with Gasteiger partial charge in [-0.15, -0.1) is 6.20 Å². The summed E-state index contributed by atoms with van der Waals surface area (Å²) >= 11 is 0. The van der Waals surface area contributed by atoms with Crippen molar-refractivity contribution < 1.29 is 58.2 Å². The zero-order valence-corrected chi connectivity index (χ0v) is 11.3. The first-order chi connectivity index (χ1) is 3.70. The van der Waals surface area contributed by atoms with E-state index in [4.69, 9.17) is 0 Å². The monoisotopic (exact) mass is 194 g/mol. The van der Waals surface area contributed by atoms with Crippen molar-refractivity contribution in [3.8, 4) is 0 Å². The van der Waals surface area contributed by atoms with Crippen molar-refractivity contribution in [3.63, 3.8) is 0 Å². The summed E-state index contributed by atoms with van der Waals surface area (Å²) in [5.74, 6) is 1.02. The molecule has 0 radical (unpaired) electrons. The summed E-state index contributed by atoms with van der Waals surface area (Å²) in [6, 6.07) is 0. The molecule has 0 aliphatic carbocycles. The maximum Gasteiger partial charge on any atom is 1.00 e. The van der Waals surface area contributed by atoms with E-state index in [0.29, 0.717) is 0 Å². The molecule has 0 bridgehead atoms. The van der Waals surface area contributed by atoms with E-state index in [1.807, 2.05) is 25.5 Å². The van der Waals surface area contributed by atoms with Gasteiger partial charge in [0.1, 0.15) is 0 Å². The molecule has 0 unspecified atom stereocenters. The van der Waals surface area contributed by atoms with Gasteiger partial charge in [0.2, 0.25) is 0 Å². The van der Waals surface area contributed by atoms with Crippen molar-refractivity contribution in [1.82, 2.24) is 9.55 Å². The summed E-state index contributed by atoms with van der Waals surface area (Å²) < 4.78 is 1.88. The molecular formula is C6H9N2Rb. The molecule has 0 amide bonds. The quantitative estimate of drug-likeness (QED) is 0.431. The largest absolute Gasteiger partial charge is 1.00 e. The van der Waals surface area contributed by atoms with Crippen LogP contribution in [-0.4, -0.2) is 9.55 Å². The molecule has 0 N–H and O–H groups in total. The standard InChI is InChI=1S/C6H9N2.Rb/c1-5-4-8(3)6(2)7-5;/h1-3H3;/q-1;+1. The van der Waals surface area contributed by atoms with Gasteiger partial charge < -0.3 is 9.55 Å². The fourth-order valence-electron chi connectivity index (χ4n) is 0.666. The summed E-state index contributed by atoms with van der Waals surface area (Å²) in [6.07, 6.45) is 3.01. The van der Waals surface area contributed by atoms with Crippen molar-refractivity contribution in [3.05, 3.63) is 17.7 Å². The number of hydrogen-bond acceptors (Lipinski definition) is 1. The van der Waals surface area contributed by atoms with Gasteiger partial charge in [-0.05, 0) is 19.8 Å². The summed E-state index contributed by atoms with van der Waals surface area (Å²) in [5, 5.41) is 0. The molecule has 0 saturated carbocycles. The fourth-order valence-corrected chi connectivity index (χ4v) is 0.666. The zero-order chi connectivity index (χ0) is 6.15. The van der Waals surface area contributed by atoms with Crippen LogP contribution in [0.4, 0.5) is 0 Å². The Kier molecular flexibility index (Phi) is 4.46. The first-order valence-corrected chi connectivity index (χ1v) is 2.59. The molecule has 9 heavy (non-hydrogen) atoms. The van der Waals surface area contributed by atoms with E-state index in [1.54, 1.807) is 0 Å². The van der Waals surface area contributed by atoms with Gasteiger partial charge in [-0.1, -0.05) is 12.6 Å². The van der Waals surface area contributed by atoms with E-state index < -0.39 is 0 Å². The molecule has 2 nitrogen and oxygen atoms in total. The first-order valence-electron chi connectivity index (χ1n) is 2.59. The van der Waals surface area contributed by atoms with Crippen LogP contribution in [0.5, 0.6) is 0 Å². The van der Waals surface area contributed by atoms with Gasteiger partial charge in [0.05, 0.1) is 0 Å². The summed E-state index contributed by atoms with van der Waals surface area (Å²) in [6.45, 7) is 3.90. The van der Waals surface area contributed by atoms with Crippen LogP contribution in [0, 0.1) is 20.0 Å². The van der Waals surface area contributed by atoms with Crippen LogP contribution in [0.15, 0.2) is 0 Å². The van der Waals surface area contributed by atoms with E-state index in [2.05, 4.69) is 11.2 Å². The maximum absolute atomic E-state index is 4.12. The minimum atomic E-state index is 0. The molecule has 1 rings (SSSR count). The van der Waals surface area contributed by atoms with Crippen LogP contribution in [0.25, 0.3) is 0 Å². The van der Waals surface area contributed by atoms with Crippen molar-refractivity contribution in [1.29, 1.82) is 0 Å². The molecule has 0 atom stereocenters. The van der Waals surface area contributed by atoms with Gasteiger partial charge in [-0.2, -0.15) is 0 Å². The third kappa shape index (κ3) is 2.62. The smallest absolute Gasteiger partial charge is 0.501 e. The Morgan fingerprint density at radius 3 is 2.11 bits per heavy atom. The van der Waals surface area contributed by atoms with Gasteiger partial charge >= 0.3 is 58.2 Å². The Labute approximate surface area is 104 Å². The Hall–Kier alpha value is 1.02. The Morgan fingerprint density at radius 2 is 2.00 bits per heavy atom. The third-order valence-electron chi connectivity index (χ3n) is 1.14. The molecule has 0 aliphatic rings. The second-order valence-electron chi connectivity index (χ2n) is 1.92. The topological polar surface area (TPSA) is 17.8 Å². The number of hydrogen-bond donors (Lipinski definition) is 0. The normalized spacial score (nSPS) is 8.78. The van der Waals surface area contributed by atoms with E-state index in [9.17, 15) is 0 Å². The minimum Gasteiger partial charge on any atom is -0.501 e. The molecule has 0 fully saturated rings. The van der Waals surface area contributed by atoms with Gasteiger partial charge in [0.15, 0.2) is 0 Å². The number of nitrogens with zero attached hydrogens (tertiary/aromatic N) is 2. The summed E-state index contributed by atoms with van der Waals surface area (Å²) in [4.78, 5) is 4.12. The van der Waals surface area contributed by atoms with Crippen LogP contribution >= 0.6 is 0 Å². The van der Waals surface area contributed by atoms with Gasteiger partial charge in [-0.3, -0.25) is 0 Å². The van der Waals surface area contributed by atoms with E-state index in [1.165, 1.54) is 0 Å². The Bertz CT molecular complexity index is 173. The van der Waals surface area contributed by atoms with Crippen LogP contribution in [0.1, 0.15) is 11.5 Å². The van der Waals surface area contributed by atoms with Gasteiger partial charge in [-0.25, -0.2) is 0 Å². The Morgan fingerprint density at radius 1 is 1.44 bits per heavy atom. The maximum atomic E-state index is 4.12. The number of imidazole rings is 1. The molecule has 3 heteroatoms. The van der Waals surface area contributed by atoms with Crippen LogP contribution in [0.2, 0.25) is 0 Å². The zero-order valence-electron chi connectivity index (χ0n) is 6.39. The number of aromatic nitrogens is 2. The second kappa shape index (κ2) is 4.01. The van der Waals surface area contributed by atoms with E-state index in [0.717, 1.165) is 11.5 Å². The molecule has 0 spiro atoms. The number of aryl methyl sites for hydroxylation is 3. The van der Waals surface area contributed by atoms with Gasteiger partial charge in [0, 0.05) is 0 Å². The summed E-state index contributed by atoms with van der Waals surface area (Å²) in [5.41, 5.74) is 0.963. The fraction of sp³-hybridized carbons (Fsp3) is 0.500. The van der Waals surface area contributed by atoms with Crippen LogP contribution in [0.3, 0.4) is 0 Å². The Balaban J connectivity index is 0.000000640. The average Bonchev–Trinajstić information content (AvgIpc) is 1.85. The first kappa shape index (κ1) is 10.0. The molecule has 44 valence electrons. The van der Waals surface area contributed by atoms with E-state index in [-0.39, 0.29) is 58.2 Å². The van der Waals surface area contributed by atoms with E-state index >= 15 is 0 Å². The van der Waals surface area contributed by atoms with Crippen molar-refractivity contribution >= 4 is 0 Å². The molecule has 1 aromatic heterocycles. The van der Waals surface area contributed by atoms with Crippen molar-refractivity contribution in [2.75, 3.05) is 0 Å². The van der Waals surface area contributed by atoms with Gasteiger partial charge in [0.25, 0.3) is 0 Å². The molecular weight excluding hydrogens is 186 g/mol. The van der Waals surface area contributed by atoms with Crippen molar-refractivity contribution in [2.24, 2.45) is 7.05 Å². The predicted molar refractivity (Wildman–Crippen MR) is 31.5 cm³/mol. The predicted octanol–water partition coefficient (Wildman–Crippen LogP) is -2.16.